The molecule has 2 aliphatic heterocycles. The van der Waals surface area contributed by atoms with E-state index in [2.05, 4.69) is 20.6 Å². The van der Waals surface area contributed by atoms with Crippen molar-refractivity contribution in [3.05, 3.63) is 70.9 Å². The molecule has 0 radical (unpaired) electrons. The maximum atomic E-state index is 13.8. The summed E-state index contributed by atoms with van der Waals surface area (Å²) in [6.07, 6.45) is 1.79. The molecule has 0 atom stereocenters. The summed E-state index contributed by atoms with van der Waals surface area (Å²) >= 11 is 0. The van der Waals surface area contributed by atoms with Gasteiger partial charge >= 0.3 is 12.0 Å². The first-order valence-corrected chi connectivity index (χ1v) is 13.5. The Kier molecular flexibility index (Phi) is 8.01. The Morgan fingerprint density at radius 3 is 2.60 bits per heavy atom. The molecule has 11 nitrogen and oxygen atoms in total. The van der Waals surface area contributed by atoms with Gasteiger partial charge in [-0.15, -0.1) is 0 Å². The highest BCUT2D eigenvalue weighted by Crippen LogP contribution is 2.36. The third-order valence-electron chi connectivity index (χ3n) is 7.43. The number of amides is 3. The van der Waals surface area contributed by atoms with Crippen molar-refractivity contribution in [2.75, 3.05) is 49.5 Å². The van der Waals surface area contributed by atoms with Gasteiger partial charge in [-0.05, 0) is 42.3 Å². The summed E-state index contributed by atoms with van der Waals surface area (Å²) in [5.74, 6) is 0.489. The predicted molar refractivity (Wildman–Crippen MR) is 152 cm³/mol. The van der Waals surface area contributed by atoms with E-state index in [1.165, 1.54) is 6.92 Å². The van der Waals surface area contributed by atoms with Crippen LogP contribution in [-0.2, 0) is 29.7 Å². The Bertz CT molecular complexity index is 1410. The maximum absolute atomic E-state index is 13.8. The Labute approximate surface area is 233 Å². The first kappa shape index (κ1) is 27.2. The molecule has 11 heteroatoms. The van der Waals surface area contributed by atoms with Gasteiger partial charge < -0.3 is 25.2 Å². The van der Waals surface area contributed by atoms with E-state index in [1.807, 2.05) is 56.4 Å². The van der Waals surface area contributed by atoms with E-state index in [1.54, 1.807) is 20.7 Å². The number of hydrogen-bond donors (Lipinski definition) is 2. The summed E-state index contributed by atoms with van der Waals surface area (Å²) in [4.78, 5) is 43.2. The van der Waals surface area contributed by atoms with E-state index >= 15 is 0 Å². The minimum Gasteiger partial charge on any atom is -0.465 e. The number of anilines is 3. The zero-order chi connectivity index (χ0) is 28.2. The van der Waals surface area contributed by atoms with Crippen molar-refractivity contribution in [3.63, 3.8) is 0 Å². The van der Waals surface area contributed by atoms with Gasteiger partial charge in [-0.25, -0.2) is 4.79 Å². The number of para-hydroxylation sites is 2. The average Bonchev–Trinajstić information content (AvgIpc) is 3.19. The van der Waals surface area contributed by atoms with Gasteiger partial charge in [0.25, 0.3) is 5.91 Å². The number of esters is 1. The van der Waals surface area contributed by atoms with Crippen LogP contribution in [0, 0.1) is 6.92 Å². The summed E-state index contributed by atoms with van der Waals surface area (Å²) in [7, 11) is 1.88. The van der Waals surface area contributed by atoms with E-state index in [4.69, 9.17) is 4.74 Å². The number of aromatic nitrogens is 2. The van der Waals surface area contributed by atoms with Crippen LogP contribution < -0.4 is 15.5 Å². The van der Waals surface area contributed by atoms with E-state index in [-0.39, 0.29) is 17.9 Å². The molecule has 3 heterocycles. The van der Waals surface area contributed by atoms with Crippen molar-refractivity contribution in [2.24, 2.45) is 7.05 Å². The molecule has 0 spiro atoms. The lowest BCUT2D eigenvalue weighted by Gasteiger charge is -2.34. The number of hydrogen-bond acceptors (Lipinski definition) is 7. The molecule has 2 aliphatic rings. The minimum atomic E-state index is -0.279. The molecule has 0 aliphatic carbocycles. The average molecular weight is 546 g/mol. The lowest BCUT2D eigenvalue weighted by atomic mass is 10.0. The van der Waals surface area contributed by atoms with Crippen LogP contribution in [0.15, 0.2) is 48.7 Å². The van der Waals surface area contributed by atoms with Crippen molar-refractivity contribution >= 4 is 35.1 Å². The molecule has 5 rings (SSSR count). The third-order valence-corrected chi connectivity index (χ3v) is 7.43. The summed E-state index contributed by atoms with van der Waals surface area (Å²) < 4.78 is 6.78. The Morgan fingerprint density at radius 1 is 1.07 bits per heavy atom. The number of benzene rings is 2. The van der Waals surface area contributed by atoms with Crippen molar-refractivity contribution < 1.29 is 19.1 Å². The lowest BCUT2D eigenvalue weighted by molar-refractivity contribution is -0.141. The van der Waals surface area contributed by atoms with Gasteiger partial charge in [-0.3, -0.25) is 19.2 Å². The molecule has 2 aromatic carbocycles. The van der Waals surface area contributed by atoms with Gasteiger partial charge in [-0.2, -0.15) is 5.10 Å². The summed E-state index contributed by atoms with van der Waals surface area (Å²) in [6, 6.07) is 13.3. The zero-order valence-corrected chi connectivity index (χ0v) is 23.1. The molecule has 2 N–H and O–H groups in total. The second-order valence-corrected chi connectivity index (χ2v) is 10.1. The summed E-state index contributed by atoms with van der Waals surface area (Å²) in [5.41, 5.74) is 5.07. The summed E-state index contributed by atoms with van der Waals surface area (Å²) in [6.45, 7) is 7.87. The number of urea groups is 1. The first-order chi connectivity index (χ1) is 19.3. The second kappa shape index (κ2) is 11.8. The molecule has 3 aromatic rings. The highest BCUT2D eigenvalue weighted by Gasteiger charge is 2.27. The zero-order valence-electron chi connectivity index (χ0n) is 23.1. The topological polar surface area (TPSA) is 112 Å². The maximum Gasteiger partial charge on any atom is 0.317 e. The quantitative estimate of drug-likeness (QED) is 0.458. The number of rotatable bonds is 6. The van der Waals surface area contributed by atoms with E-state index in [0.29, 0.717) is 44.9 Å². The number of carbonyl (C=O) groups excluding carboxylic acids is 3. The number of nitrogens with zero attached hydrogens (tertiary/aromatic N) is 5. The monoisotopic (exact) mass is 545 g/mol. The van der Waals surface area contributed by atoms with Gasteiger partial charge in [0, 0.05) is 64.4 Å². The standard InChI is InChI=1S/C29H35N7O4/c1-20-16-22(28(38)36-19-24-18-31-33(3)27(24)32-25-6-4-5-7-26(25)36)8-9-23(20)17-30-29(39)35-12-10-34(11-13-35)14-15-40-21(2)37/h4-9,16,18,32H,10-15,17,19H2,1-3H3,(H,30,39). The highest BCUT2D eigenvalue weighted by molar-refractivity contribution is 6.08. The smallest absolute Gasteiger partial charge is 0.317 e. The molecule has 1 aromatic heterocycles. The molecule has 40 heavy (non-hydrogen) atoms. The van der Waals surface area contributed by atoms with Gasteiger partial charge in [0.2, 0.25) is 0 Å². The Morgan fingerprint density at radius 2 is 1.85 bits per heavy atom. The minimum absolute atomic E-state index is 0.101. The molecule has 1 fully saturated rings. The van der Waals surface area contributed by atoms with Crippen LogP contribution >= 0.6 is 0 Å². The van der Waals surface area contributed by atoms with E-state index in [9.17, 15) is 14.4 Å². The molecule has 3 amide bonds. The van der Waals surface area contributed by atoms with Crippen LogP contribution in [0.5, 0.6) is 0 Å². The van der Waals surface area contributed by atoms with Crippen molar-refractivity contribution in [3.8, 4) is 0 Å². The van der Waals surface area contributed by atoms with Crippen LogP contribution in [0.25, 0.3) is 0 Å². The van der Waals surface area contributed by atoms with Gasteiger partial charge in [0.05, 0.1) is 24.1 Å². The highest BCUT2D eigenvalue weighted by atomic mass is 16.5. The molecular weight excluding hydrogens is 510 g/mol. The van der Waals surface area contributed by atoms with Crippen LogP contribution in [0.2, 0.25) is 0 Å². The van der Waals surface area contributed by atoms with Crippen molar-refractivity contribution in [1.82, 2.24) is 24.9 Å². The molecule has 0 saturated carbocycles. The predicted octanol–water partition coefficient (Wildman–Crippen LogP) is 3.02. The normalized spacial score (nSPS) is 15.0. The lowest BCUT2D eigenvalue weighted by Crippen LogP contribution is -2.52. The summed E-state index contributed by atoms with van der Waals surface area (Å²) in [5, 5.41) is 10.8. The number of ether oxygens (including phenoxy) is 1. The number of carbonyl (C=O) groups is 3. The Hall–Kier alpha value is -4.38. The molecular formula is C29H35N7O4. The van der Waals surface area contributed by atoms with Crippen LogP contribution in [-0.4, -0.2) is 76.8 Å². The first-order valence-electron chi connectivity index (χ1n) is 13.5. The van der Waals surface area contributed by atoms with Gasteiger partial charge in [0.15, 0.2) is 0 Å². The van der Waals surface area contributed by atoms with Crippen LogP contribution in [0.3, 0.4) is 0 Å². The van der Waals surface area contributed by atoms with E-state index < -0.39 is 0 Å². The number of aryl methyl sites for hydroxylation is 2. The van der Waals surface area contributed by atoms with Crippen molar-refractivity contribution in [2.45, 2.75) is 26.9 Å². The fourth-order valence-corrected chi connectivity index (χ4v) is 5.10. The van der Waals surface area contributed by atoms with Crippen LogP contribution in [0.4, 0.5) is 22.0 Å². The molecule has 1 saturated heterocycles. The fourth-order valence-electron chi connectivity index (χ4n) is 5.10. The SMILES string of the molecule is CC(=O)OCCN1CCN(C(=O)NCc2ccc(C(=O)N3Cc4cnn(C)c4Nc4ccccc43)cc2C)CC1. The molecule has 0 unspecified atom stereocenters. The number of nitrogens with one attached hydrogen (secondary N) is 2. The van der Waals surface area contributed by atoms with E-state index in [0.717, 1.165) is 47.0 Å². The number of piperazine rings is 1. The largest absolute Gasteiger partial charge is 0.465 e. The second-order valence-electron chi connectivity index (χ2n) is 10.1. The van der Waals surface area contributed by atoms with Gasteiger partial charge in [0.1, 0.15) is 12.4 Å². The van der Waals surface area contributed by atoms with Gasteiger partial charge in [-0.1, -0.05) is 18.2 Å². The molecule has 0 bridgehead atoms. The third kappa shape index (κ3) is 5.94. The molecule has 210 valence electrons. The fraction of sp³-hybridized carbons (Fsp3) is 0.379. The number of fused-ring (bicyclic) bond motifs is 2. The van der Waals surface area contributed by atoms with Crippen molar-refractivity contribution in [1.29, 1.82) is 0 Å². The van der Waals surface area contributed by atoms with Crippen LogP contribution in [0.1, 0.15) is 34.0 Å². The Balaban J connectivity index is 1.20.